The van der Waals surface area contributed by atoms with Crippen molar-refractivity contribution >= 4 is 5.91 Å². The standard InChI is InChI=1S/C17H27N3O2/c1-3-13(2)22-16-6-4-5-14(11-16)12-20-9-7-15(8-10-20)17(21)19-18/h4-6,11,13,15H,3,7-10,12,18H2,1-2H3,(H,19,21). The molecule has 1 fully saturated rings. The van der Waals surface area contributed by atoms with E-state index < -0.39 is 0 Å². The summed E-state index contributed by atoms with van der Waals surface area (Å²) >= 11 is 0. The summed E-state index contributed by atoms with van der Waals surface area (Å²) in [4.78, 5) is 13.9. The second kappa shape index (κ2) is 8.15. The van der Waals surface area contributed by atoms with E-state index in [-0.39, 0.29) is 17.9 Å². The summed E-state index contributed by atoms with van der Waals surface area (Å²) in [6.45, 7) is 6.95. The Labute approximate surface area is 132 Å². The zero-order valence-corrected chi connectivity index (χ0v) is 13.5. The second-order valence-electron chi connectivity index (χ2n) is 6.04. The molecule has 1 unspecified atom stereocenters. The van der Waals surface area contributed by atoms with Crippen LogP contribution >= 0.6 is 0 Å². The largest absolute Gasteiger partial charge is 0.491 e. The Morgan fingerprint density at radius 2 is 2.18 bits per heavy atom. The van der Waals surface area contributed by atoms with E-state index in [1.54, 1.807) is 0 Å². The topological polar surface area (TPSA) is 67.6 Å². The first kappa shape index (κ1) is 16.8. The minimum atomic E-state index is -0.0383. The first-order valence-electron chi connectivity index (χ1n) is 8.10. The molecule has 0 radical (unpaired) electrons. The molecule has 2 rings (SSSR count). The van der Waals surface area contributed by atoms with Crippen LogP contribution in [0.5, 0.6) is 5.75 Å². The Kier molecular flexibility index (Phi) is 6.21. The van der Waals surface area contributed by atoms with Crippen LogP contribution < -0.4 is 16.0 Å². The lowest BCUT2D eigenvalue weighted by molar-refractivity contribution is -0.126. The number of hydrazine groups is 1. The fourth-order valence-corrected chi connectivity index (χ4v) is 2.76. The number of piperidine rings is 1. The molecule has 1 saturated heterocycles. The number of nitrogens with two attached hydrogens (primary N) is 1. The van der Waals surface area contributed by atoms with Crippen molar-refractivity contribution in [3.8, 4) is 5.75 Å². The maximum Gasteiger partial charge on any atom is 0.237 e. The van der Waals surface area contributed by atoms with Gasteiger partial charge < -0.3 is 4.74 Å². The molecule has 0 spiro atoms. The number of likely N-dealkylation sites (tertiary alicyclic amines) is 1. The highest BCUT2D eigenvalue weighted by Crippen LogP contribution is 2.21. The second-order valence-corrected chi connectivity index (χ2v) is 6.04. The lowest BCUT2D eigenvalue weighted by atomic mass is 9.96. The molecule has 1 amide bonds. The Morgan fingerprint density at radius 3 is 2.82 bits per heavy atom. The van der Waals surface area contributed by atoms with Crippen LogP contribution in [0.2, 0.25) is 0 Å². The summed E-state index contributed by atoms with van der Waals surface area (Å²) < 4.78 is 5.87. The molecule has 1 aliphatic rings. The molecule has 0 aromatic heterocycles. The van der Waals surface area contributed by atoms with Gasteiger partial charge in [-0.05, 0) is 57.0 Å². The van der Waals surface area contributed by atoms with Gasteiger partial charge in [-0.15, -0.1) is 0 Å². The molecule has 1 aromatic carbocycles. The van der Waals surface area contributed by atoms with E-state index in [9.17, 15) is 4.79 Å². The average Bonchev–Trinajstić information content (AvgIpc) is 2.55. The van der Waals surface area contributed by atoms with Gasteiger partial charge in [0.1, 0.15) is 5.75 Å². The van der Waals surface area contributed by atoms with Crippen molar-refractivity contribution in [1.29, 1.82) is 0 Å². The van der Waals surface area contributed by atoms with Gasteiger partial charge in [-0.2, -0.15) is 0 Å². The number of benzene rings is 1. The van der Waals surface area contributed by atoms with Crippen LogP contribution in [0.3, 0.4) is 0 Å². The molecule has 0 bridgehead atoms. The van der Waals surface area contributed by atoms with Gasteiger partial charge in [-0.3, -0.25) is 15.1 Å². The first-order valence-corrected chi connectivity index (χ1v) is 8.10. The highest BCUT2D eigenvalue weighted by Gasteiger charge is 2.24. The summed E-state index contributed by atoms with van der Waals surface area (Å²) in [5, 5.41) is 0. The van der Waals surface area contributed by atoms with Crippen LogP contribution in [0.15, 0.2) is 24.3 Å². The van der Waals surface area contributed by atoms with Crippen molar-refractivity contribution in [1.82, 2.24) is 10.3 Å². The first-order chi connectivity index (χ1) is 10.6. The van der Waals surface area contributed by atoms with E-state index in [0.29, 0.717) is 0 Å². The Hall–Kier alpha value is -1.59. The van der Waals surface area contributed by atoms with E-state index in [1.165, 1.54) is 5.56 Å². The molecule has 1 aromatic rings. The third-order valence-corrected chi connectivity index (χ3v) is 4.32. The fourth-order valence-electron chi connectivity index (χ4n) is 2.76. The number of ether oxygens (including phenoxy) is 1. The smallest absolute Gasteiger partial charge is 0.237 e. The Morgan fingerprint density at radius 1 is 1.45 bits per heavy atom. The van der Waals surface area contributed by atoms with Gasteiger partial charge in [-0.1, -0.05) is 19.1 Å². The van der Waals surface area contributed by atoms with E-state index >= 15 is 0 Å². The summed E-state index contributed by atoms with van der Waals surface area (Å²) in [5.74, 6) is 6.15. The van der Waals surface area contributed by atoms with Gasteiger partial charge in [0.2, 0.25) is 5.91 Å². The van der Waals surface area contributed by atoms with E-state index in [2.05, 4.69) is 36.3 Å². The summed E-state index contributed by atoms with van der Waals surface area (Å²) in [6.07, 6.45) is 2.97. The summed E-state index contributed by atoms with van der Waals surface area (Å²) in [5.41, 5.74) is 3.51. The molecule has 5 nitrogen and oxygen atoms in total. The molecule has 1 heterocycles. The zero-order chi connectivity index (χ0) is 15.9. The monoisotopic (exact) mass is 305 g/mol. The number of hydrogen-bond donors (Lipinski definition) is 2. The minimum Gasteiger partial charge on any atom is -0.491 e. The van der Waals surface area contributed by atoms with Crippen LogP contribution in [0, 0.1) is 5.92 Å². The SMILES string of the molecule is CCC(C)Oc1cccc(CN2CCC(C(=O)NN)CC2)c1. The van der Waals surface area contributed by atoms with Crippen LogP contribution in [-0.2, 0) is 11.3 Å². The molecular weight excluding hydrogens is 278 g/mol. The van der Waals surface area contributed by atoms with Gasteiger partial charge in [0.15, 0.2) is 0 Å². The molecule has 122 valence electrons. The molecular formula is C17H27N3O2. The molecule has 1 aliphatic heterocycles. The Balaban J connectivity index is 1.87. The average molecular weight is 305 g/mol. The van der Waals surface area contributed by atoms with E-state index in [4.69, 9.17) is 10.6 Å². The molecule has 3 N–H and O–H groups in total. The number of amides is 1. The van der Waals surface area contributed by atoms with Gasteiger partial charge in [0, 0.05) is 12.5 Å². The maximum absolute atomic E-state index is 11.5. The predicted octanol–water partition coefficient (Wildman–Crippen LogP) is 2.07. The fraction of sp³-hybridized carbons (Fsp3) is 0.588. The van der Waals surface area contributed by atoms with Crippen LogP contribution in [0.4, 0.5) is 0 Å². The lowest BCUT2D eigenvalue weighted by Gasteiger charge is -2.31. The van der Waals surface area contributed by atoms with Crippen molar-refractivity contribution in [2.75, 3.05) is 13.1 Å². The van der Waals surface area contributed by atoms with Crippen molar-refractivity contribution in [3.63, 3.8) is 0 Å². The van der Waals surface area contributed by atoms with Crippen LogP contribution in [0.1, 0.15) is 38.7 Å². The highest BCUT2D eigenvalue weighted by atomic mass is 16.5. The quantitative estimate of drug-likeness (QED) is 0.479. The molecule has 0 aliphatic carbocycles. The third kappa shape index (κ3) is 4.71. The highest BCUT2D eigenvalue weighted by molar-refractivity contribution is 5.78. The van der Waals surface area contributed by atoms with Crippen molar-refractivity contribution < 1.29 is 9.53 Å². The normalized spacial score (nSPS) is 18.0. The number of nitrogens with zero attached hydrogens (tertiary/aromatic N) is 1. The Bertz CT molecular complexity index is 485. The van der Waals surface area contributed by atoms with Crippen molar-refractivity contribution in [2.24, 2.45) is 11.8 Å². The predicted molar refractivity (Wildman–Crippen MR) is 87.2 cm³/mol. The van der Waals surface area contributed by atoms with E-state index in [1.807, 2.05) is 12.1 Å². The van der Waals surface area contributed by atoms with Gasteiger partial charge in [0.25, 0.3) is 0 Å². The van der Waals surface area contributed by atoms with Gasteiger partial charge in [0.05, 0.1) is 6.10 Å². The molecule has 0 saturated carbocycles. The van der Waals surface area contributed by atoms with Crippen LogP contribution in [-0.4, -0.2) is 30.0 Å². The maximum atomic E-state index is 11.5. The summed E-state index contributed by atoms with van der Waals surface area (Å²) in [7, 11) is 0. The molecule has 1 atom stereocenters. The molecule has 5 heteroatoms. The number of nitrogens with one attached hydrogen (secondary N) is 1. The number of rotatable bonds is 6. The van der Waals surface area contributed by atoms with Crippen molar-refractivity contribution in [3.05, 3.63) is 29.8 Å². The third-order valence-electron chi connectivity index (χ3n) is 4.32. The number of carbonyl (C=O) groups is 1. The minimum absolute atomic E-state index is 0.0383. The molecule has 22 heavy (non-hydrogen) atoms. The van der Waals surface area contributed by atoms with E-state index in [0.717, 1.165) is 44.6 Å². The van der Waals surface area contributed by atoms with Crippen molar-refractivity contribution in [2.45, 2.75) is 45.8 Å². The zero-order valence-electron chi connectivity index (χ0n) is 13.5. The number of carbonyl (C=O) groups excluding carboxylic acids is 1. The number of hydrogen-bond acceptors (Lipinski definition) is 4. The van der Waals surface area contributed by atoms with Gasteiger partial charge >= 0.3 is 0 Å². The lowest BCUT2D eigenvalue weighted by Crippen LogP contribution is -2.42. The summed E-state index contributed by atoms with van der Waals surface area (Å²) in [6, 6.07) is 8.29. The van der Waals surface area contributed by atoms with Crippen LogP contribution in [0.25, 0.3) is 0 Å². The van der Waals surface area contributed by atoms with Gasteiger partial charge in [-0.25, -0.2) is 5.84 Å².